The number of rotatable bonds is 5. The third kappa shape index (κ3) is 3.34. The topological polar surface area (TPSA) is 58.4 Å². The molecular weight excluding hydrogens is 206 g/mol. The summed E-state index contributed by atoms with van der Waals surface area (Å²) in [6, 6.07) is 2.18. The standard InChI is InChI=1S/C11H19N3O2/c1-8(2)14(7-11(15)16)6-10-5-9(3)12-13(10)4/h5,8H,6-7H2,1-4H3,(H,15,16). The minimum absolute atomic E-state index is 0.0574. The quantitative estimate of drug-likeness (QED) is 0.813. The first kappa shape index (κ1) is 12.7. The van der Waals surface area contributed by atoms with Gasteiger partial charge in [-0.1, -0.05) is 0 Å². The Morgan fingerprint density at radius 2 is 2.25 bits per heavy atom. The van der Waals surface area contributed by atoms with Crippen molar-refractivity contribution < 1.29 is 9.90 Å². The molecule has 1 aromatic rings. The van der Waals surface area contributed by atoms with Gasteiger partial charge in [0.25, 0.3) is 0 Å². The Kier molecular flexibility index (Phi) is 4.06. The van der Waals surface area contributed by atoms with Crippen LogP contribution in [0.5, 0.6) is 0 Å². The number of carbonyl (C=O) groups is 1. The molecule has 1 heterocycles. The highest BCUT2D eigenvalue weighted by Gasteiger charge is 2.15. The molecule has 0 radical (unpaired) electrons. The van der Waals surface area contributed by atoms with Crippen molar-refractivity contribution in [3.63, 3.8) is 0 Å². The first-order valence-electron chi connectivity index (χ1n) is 5.35. The summed E-state index contributed by atoms with van der Waals surface area (Å²) in [6.07, 6.45) is 0. The Hall–Kier alpha value is -1.36. The number of hydrogen-bond acceptors (Lipinski definition) is 3. The molecule has 1 N–H and O–H groups in total. The van der Waals surface area contributed by atoms with Gasteiger partial charge < -0.3 is 5.11 Å². The zero-order chi connectivity index (χ0) is 12.3. The van der Waals surface area contributed by atoms with Crippen LogP contribution in [-0.4, -0.2) is 38.3 Å². The number of nitrogens with zero attached hydrogens (tertiary/aromatic N) is 3. The van der Waals surface area contributed by atoms with Crippen LogP contribution < -0.4 is 0 Å². The highest BCUT2D eigenvalue weighted by Crippen LogP contribution is 2.08. The van der Waals surface area contributed by atoms with E-state index in [0.29, 0.717) is 6.54 Å². The second kappa shape index (κ2) is 5.12. The molecule has 0 aliphatic rings. The van der Waals surface area contributed by atoms with Gasteiger partial charge in [0.1, 0.15) is 0 Å². The second-order valence-corrected chi connectivity index (χ2v) is 4.29. The van der Waals surface area contributed by atoms with Crippen molar-refractivity contribution in [2.45, 2.75) is 33.4 Å². The second-order valence-electron chi connectivity index (χ2n) is 4.29. The van der Waals surface area contributed by atoms with Gasteiger partial charge in [-0.25, -0.2) is 0 Å². The van der Waals surface area contributed by atoms with E-state index in [2.05, 4.69) is 5.10 Å². The van der Waals surface area contributed by atoms with Gasteiger partial charge in [-0.2, -0.15) is 5.10 Å². The van der Waals surface area contributed by atoms with E-state index in [9.17, 15) is 4.79 Å². The molecule has 90 valence electrons. The van der Waals surface area contributed by atoms with Crippen molar-refractivity contribution in [1.29, 1.82) is 0 Å². The van der Waals surface area contributed by atoms with E-state index in [1.807, 2.05) is 38.8 Å². The summed E-state index contributed by atoms with van der Waals surface area (Å²) >= 11 is 0. The summed E-state index contributed by atoms with van der Waals surface area (Å²) in [6.45, 7) is 6.59. The van der Waals surface area contributed by atoms with Crippen molar-refractivity contribution in [3.05, 3.63) is 17.5 Å². The zero-order valence-electron chi connectivity index (χ0n) is 10.3. The number of aromatic nitrogens is 2. The molecule has 0 amide bonds. The first-order valence-corrected chi connectivity index (χ1v) is 5.35. The van der Waals surface area contributed by atoms with Gasteiger partial charge in [-0.15, -0.1) is 0 Å². The third-order valence-electron chi connectivity index (χ3n) is 2.53. The minimum atomic E-state index is -0.799. The van der Waals surface area contributed by atoms with Crippen LogP contribution >= 0.6 is 0 Å². The lowest BCUT2D eigenvalue weighted by Gasteiger charge is -2.24. The molecule has 0 saturated heterocycles. The van der Waals surface area contributed by atoms with Gasteiger partial charge in [0, 0.05) is 19.6 Å². The lowest BCUT2D eigenvalue weighted by atomic mass is 10.2. The monoisotopic (exact) mass is 225 g/mol. The molecule has 1 rings (SSSR count). The van der Waals surface area contributed by atoms with Crippen LogP contribution in [-0.2, 0) is 18.4 Å². The third-order valence-corrected chi connectivity index (χ3v) is 2.53. The summed E-state index contributed by atoms with van der Waals surface area (Å²) < 4.78 is 1.80. The van der Waals surface area contributed by atoms with Crippen molar-refractivity contribution in [2.24, 2.45) is 7.05 Å². The van der Waals surface area contributed by atoms with Crippen LogP contribution in [0.4, 0.5) is 0 Å². The summed E-state index contributed by atoms with van der Waals surface area (Å²) in [4.78, 5) is 12.6. The molecular formula is C11H19N3O2. The molecule has 0 spiro atoms. The van der Waals surface area contributed by atoms with E-state index in [1.165, 1.54) is 0 Å². The highest BCUT2D eigenvalue weighted by atomic mass is 16.4. The zero-order valence-corrected chi connectivity index (χ0v) is 10.3. The van der Waals surface area contributed by atoms with E-state index in [0.717, 1.165) is 11.4 Å². The Labute approximate surface area is 95.7 Å². The fourth-order valence-electron chi connectivity index (χ4n) is 1.62. The molecule has 1 aromatic heterocycles. The predicted molar refractivity (Wildman–Crippen MR) is 61.1 cm³/mol. The van der Waals surface area contributed by atoms with Gasteiger partial charge in [0.05, 0.1) is 17.9 Å². The molecule has 0 fully saturated rings. The lowest BCUT2D eigenvalue weighted by Crippen LogP contribution is -2.35. The van der Waals surface area contributed by atoms with Crippen LogP contribution in [0.25, 0.3) is 0 Å². The molecule has 0 aromatic carbocycles. The van der Waals surface area contributed by atoms with Crippen LogP contribution in [0.15, 0.2) is 6.07 Å². The SMILES string of the molecule is Cc1cc(CN(CC(=O)O)C(C)C)n(C)n1. The van der Waals surface area contributed by atoms with E-state index >= 15 is 0 Å². The Morgan fingerprint density at radius 1 is 1.62 bits per heavy atom. The number of hydrogen-bond donors (Lipinski definition) is 1. The average molecular weight is 225 g/mol. The fraction of sp³-hybridized carbons (Fsp3) is 0.636. The van der Waals surface area contributed by atoms with Gasteiger partial charge in [0.2, 0.25) is 0 Å². The molecule has 16 heavy (non-hydrogen) atoms. The number of aliphatic carboxylic acids is 1. The average Bonchev–Trinajstić information content (AvgIpc) is 2.43. The first-order chi connectivity index (χ1) is 7.40. The Morgan fingerprint density at radius 3 is 2.62 bits per heavy atom. The minimum Gasteiger partial charge on any atom is -0.480 e. The molecule has 0 unspecified atom stereocenters. The maximum Gasteiger partial charge on any atom is 0.317 e. The number of carboxylic acid groups (broad SMARTS) is 1. The smallest absolute Gasteiger partial charge is 0.317 e. The normalized spacial score (nSPS) is 11.4. The van der Waals surface area contributed by atoms with E-state index < -0.39 is 5.97 Å². The Bertz CT molecular complexity index is 371. The lowest BCUT2D eigenvalue weighted by molar-refractivity contribution is -0.139. The molecule has 0 aliphatic carbocycles. The predicted octanol–water partition coefficient (Wildman–Crippen LogP) is 1.02. The van der Waals surface area contributed by atoms with E-state index in [1.54, 1.807) is 4.68 Å². The molecule has 5 heteroatoms. The van der Waals surface area contributed by atoms with E-state index in [-0.39, 0.29) is 12.6 Å². The maximum atomic E-state index is 10.7. The van der Waals surface area contributed by atoms with Crippen molar-refractivity contribution >= 4 is 5.97 Å². The maximum absolute atomic E-state index is 10.7. The summed E-state index contributed by atoms with van der Waals surface area (Å²) in [7, 11) is 1.88. The summed E-state index contributed by atoms with van der Waals surface area (Å²) in [5.74, 6) is -0.799. The molecule has 5 nitrogen and oxygen atoms in total. The van der Waals surface area contributed by atoms with Crippen molar-refractivity contribution in [3.8, 4) is 0 Å². The molecule has 0 bridgehead atoms. The van der Waals surface area contributed by atoms with Crippen molar-refractivity contribution in [1.82, 2.24) is 14.7 Å². The summed E-state index contributed by atoms with van der Waals surface area (Å²) in [5, 5.41) is 13.1. The summed E-state index contributed by atoms with van der Waals surface area (Å²) in [5.41, 5.74) is 1.99. The van der Waals surface area contributed by atoms with Crippen molar-refractivity contribution in [2.75, 3.05) is 6.54 Å². The Balaban J connectivity index is 2.75. The molecule has 0 saturated carbocycles. The van der Waals surface area contributed by atoms with Crippen LogP contribution in [0.2, 0.25) is 0 Å². The number of carboxylic acids is 1. The van der Waals surface area contributed by atoms with Crippen LogP contribution in [0.1, 0.15) is 25.2 Å². The number of aryl methyl sites for hydroxylation is 2. The fourth-order valence-corrected chi connectivity index (χ4v) is 1.62. The molecule has 0 atom stereocenters. The highest BCUT2D eigenvalue weighted by molar-refractivity contribution is 5.69. The van der Waals surface area contributed by atoms with Gasteiger partial charge in [-0.05, 0) is 26.8 Å². The largest absolute Gasteiger partial charge is 0.480 e. The van der Waals surface area contributed by atoms with E-state index in [4.69, 9.17) is 5.11 Å². The van der Waals surface area contributed by atoms with Gasteiger partial charge >= 0.3 is 5.97 Å². The van der Waals surface area contributed by atoms with Crippen LogP contribution in [0, 0.1) is 6.92 Å². The van der Waals surface area contributed by atoms with Gasteiger partial charge in [0.15, 0.2) is 0 Å². The van der Waals surface area contributed by atoms with Gasteiger partial charge in [-0.3, -0.25) is 14.4 Å². The van der Waals surface area contributed by atoms with Crippen LogP contribution in [0.3, 0.4) is 0 Å². The molecule has 0 aliphatic heterocycles.